The Bertz CT molecular complexity index is 1030. The van der Waals surface area contributed by atoms with E-state index in [1.165, 1.54) is 44.1 Å². The van der Waals surface area contributed by atoms with Crippen LogP contribution in [0.3, 0.4) is 0 Å². The lowest BCUT2D eigenvalue weighted by atomic mass is 9.58. The molecular formula is C30H44N4O4. The van der Waals surface area contributed by atoms with Gasteiger partial charge in [0.25, 0.3) is 11.8 Å². The van der Waals surface area contributed by atoms with E-state index in [1.54, 1.807) is 4.90 Å². The van der Waals surface area contributed by atoms with Crippen LogP contribution in [0, 0.1) is 11.3 Å². The van der Waals surface area contributed by atoms with Gasteiger partial charge in [0.05, 0.1) is 0 Å². The average Bonchev–Trinajstić information content (AvgIpc) is 3.71. The third kappa shape index (κ3) is 4.57. The molecule has 2 saturated heterocycles. The maximum Gasteiger partial charge on any atom is 0.254 e. The Morgan fingerprint density at radius 1 is 0.895 bits per heavy atom. The largest absolute Gasteiger partial charge is 0.380 e. The fraction of sp³-hybridized carbons (Fsp3) is 0.733. The average molecular weight is 525 g/mol. The smallest absolute Gasteiger partial charge is 0.254 e. The van der Waals surface area contributed by atoms with Gasteiger partial charge in [0.15, 0.2) is 0 Å². The fourth-order valence-electron chi connectivity index (χ4n) is 8.08. The molecule has 6 rings (SSSR count). The number of aliphatic hydroxyl groups is 2. The molecule has 3 N–H and O–H groups in total. The molecule has 0 radical (unpaired) electrons. The first-order valence-corrected chi connectivity index (χ1v) is 14.9. The molecule has 0 spiro atoms. The number of aliphatic hydroxyl groups excluding tert-OH is 1. The number of hydrogen-bond acceptors (Lipinski definition) is 6. The third-order valence-corrected chi connectivity index (χ3v) is 10.6. The van der Waals surface area contributed by atoms with Crippen LogP contribution >= 0.6 is 0 Å². The molecule has 4 atom stereocenters. The number of carbonyl (C=O) groups excluding carboxylic acids is 2. The molecule has 0 aromatic heterocycles. The maximum atomic E-state index is 13.2. The first-order valence-electron chi connectivity index (χ1n) is 14.9. The molecule has 3 saturated carbocycles. The number of nitrogens with zero attached hydrogens (tertiary/aromatic N) is 3. The summed E-state index contributed by atoms with van der Waals surface area (Å²) in [4.78, 5) is 29.1. The Morgan fingerprint density at radius 2 is 1.53 bits per heavy atom. The highest BCUT2D eigenvalue weighted by atomic mass is 16.3. The molecule has 3 aliphatic carbocycles. The van der Waals surface area contributed by atoms with Gasteiger partial charge in [0.1, 0.15) is 11.8 Å². The van der Waals surface area contributed by atoms with Crippen LogP contribution in [-0.4, -0.2) is 87.9 Å². The zero-order chi connectivity index (χ0) is 26.5. The highest BCUT2D eigenvalue weighted by molar-refractivity contribution is 5.94. The van der Waals surface area contributed by atoms with Crippen molar-refractivity contribution in [1.82, 2.24) is 20.2 Å². The summed E-state index contributed by atoms with van der Waals surface area (Å²) in [6.07, 6.45) is 11.4. The third-order valence-electron chi connectivity index (χ3n) is 10.6. The second-order valence-corrected chi connectivity index (χ2v) is 12.7. The molecule has 208 valence electrons. The van der Waals surface area contributed by atoms with Gasteiger partial charge < -0.3 is 20.0 Å². The van der Waals surface area contributed by atoms with E-state index in [0.717, 1.165) is 19.3 Å². The van der Waals surface area contributed by atoms with Gasteiger partial charge in [0, 0.05) is 50.2 Å². The van der Waals surface area contributed by atoms with Crippen LogP contribution in [0.15, 0.2) is 24.3 Å². The van der Waals surface area contributed by atoms with E-state index >= 15 is 0 Å². The predicted octanol–water partition coefficient (Wildman–Crippen LogP) is 2.86. The summed E-state index contributed by atoms with van der Waals surface area (Å²) in [5.74, 6) is 0.819. The second-order valence-electron chi connectivity index (χ2n) is 12.7. The first kappa shape index (κ1) is 26.2. The fourth-order valence-corrected chi connectivity index (χ4v) is 8.08. The standard InChI is InChI=1S/C30H44N4O4/c1-32-25-20-23(12-13-30(25,27(36)31-32)24-6-4-2-3-5-7-24)21-8-10-22(11-9-21)26(35)33-16-18-34(19-17-33)28(37)29(38)14-15-29/h8-11,23-25,27,31,36,38H,2-7,12-20H2,1H3. The summed E-state index contributed by atoms with van der Waals surface area (Å²) in [5, 5.41) is 23.5. The Morgan fingerprint density at radius 3 is 2.16 bits per heavy atom. The summed E-state index contributed by atoms with van der Waals surface area (Å²) in [6, 6.07) is 8.48. The molecule has 1 aromatic carbocycles. The van der Waals surface area contributed by atoms with Crippen molar-refractivity contribution in [1.29, 1.82) is 0 Å². The predicted molar refractivity (Wildman–Crippen MR) is 144 cm³/mol. The topological polar surface area (TPSA) is 96.4 Å². The van der Waals surface area contributed by atoms with Crippen LogP contribution in [-0.2, 0) is 4.79 Å². The van der Waals surface area contributed by atoms with Crippen molar-refractivity contribution in [2.75, 3.05) is 33.2 Å². The van der Waals surface area contributed by atoms with Gasteiger partial charge >= 0.3 is 0 Å². The van der Waals surface area contributed by atoms with Crippen LogP contribution in [0.2, 0.25) is 0 Å². The van der Waals surface area contributed by atoms with E-state index in [4.69, 9.17) is 0 Å². The second kappa shape index (κ2) is 10.2. The van der Waals surface area contributed by atoms with Crippen LogP contribution in [0.25, 0.3) is 0 Å². The van der Waals surface area contributed by atoms with E-state index in [2.05, 4.69) is 29.6 Å². The lowest BCUT2D eigenvalue weighted by Crippen LogP contribution is -2.53. The molecular weight excluding hydrogens is 480 g/mol. The number of fused-ring (bicyclic) bond motifs is 1. The van der Waals surface area contributed by atoms with Gasteiger partial charge in [-0.3, -0.25) is 9.59 Å². The quantitative estimate of drug-likeness (QED) is 0.525. The Labute approximate surface area is 226 Å². The Kier molecular flexibility index (Phi) is 7.04. The number of piperazine rings is 1. The molecule has 8 nitrogen and oxygen atoms in total. The zero-order valence-corrected chi connectivity index (χ0v) is 22.8. The lowest BCUT2D eigenvalue weighted by molar-refractivity contribution is -0.143. The van der Waals surface area contributed by atoms with Crippen molar-refractivity contribution in [3.63, 3.8) is 0 Å². The minimum Gasteiger partial charge on any atom is -0.380 e. The minimum absolute atomic E-state index is 0.00709. The molecule has 8 heteroatoms. The van der Waals surface area contributed by atoms with Crippen LogP contribution < -0.4 is 5.43 Å². The van der Waals surface area contributed by atoms with Crippen molar-refractivity contribution in [2.24, 2.45) is 11.3 Å². The number of nitrogens with one attached hydrogen (secondary N) is 1. The monoisotopic (exact) mass is 524 g/mol. The summed E-state index contributed by atoms with van der Waals surface area (Å²) in [5.41, 5.74) is 4.13. The summed E-state index contributed by atoms with van der Waals surface area (Å²) in [7, 11) is 2.09. The number of carbonyl (C=O) groups is 2. The molecule has 4 unspecified atom stereocenters. The summed E-state index contributed by atoms with van der Waals surface area (Å²) in [6.45, 7) is 1.95. The summed E-state index contributed by atoms with van der Waals surface area (Å²) < 4.78 is 0. The van der Waals surface area contributed by atoms with E-state index in [0.29, 0.717) is 62.5 Å². The number of benzene rings is 1. The highest BCUT2D eigenvalue weighted by Gasteiger charge is 2.58. The van der Waals surface area contributed by atoms with Crippen LogP contribution in [0.1, 0.15) is 92.5 Å². The number of rotatable bonds is 4. The van der Waals surface area contributed by atoms with Crippen molar-refractivity contribution in [3.05, 3.63) is 35.4 Å². The van der Waals surface area contributed by atoms with Crippen molar-refractivity contribution in [2.45, 2.75) is 94.4 Å². The van der Waals surface area contributed by atoms with Gasteiger partial charge in [0.2, 0.25) is 0 Å². The van der Waals surface area contributed by atoms with Gasteiger partial charge in [-0.25, -0.2) is 10.4 Å². The normalized spacial score (nSPS) is 34.0. The van der Waals surface area contributed by atoms with Crippen LogP contribution in [0.4, 0.5) is 0 Å². The van der Waals surface area contributed by atoms with Gasteiger partial charge in [-0.15, -0.1) is 0 Å². The molecule has 2 amide bonds. The zero-order valence-electron chi connectivity index (χ0n) is 22.8. The number of amides is 2. The van der Waals surface area contributed by atoms with E-state index < -0.39 is 11.8 Å². The number of hydrazine groups is 1. The maximum absolute atomic E-state index is 13.2. The Balaban J connectivity index is 1.09. The van der Waals surface area contributed by atoms with Crippen molar-refractivity contribution in [3.8, 4) is 0 Å². The molecule has 2 heterocycles. The molecule has 1 aromatic rings. The van der Waals surface area contributed by atoms with E-state index in [-0.39, 0.29) is 17.2 Å². The molecule has 5 fully saturated rings. The summed E-state index contributed by atoms with van der Waals surface area (Å²) >= 11 is 0. The van der Waals surface area contributed by atoms with E-state index in [1.807, 2.05) is 17.0 Å². The van der Waals surface area contributed by atoms with Crippen molar-refractivity contribution >= 4 is 11.8 Å². The SMILES string of the molecule is CN1NC(O)C2(C3CCCCCC3)CCC(c3ccc(C(=O)N4CCN(C(=O)C5(O)CC5)CC4)cc3)CC12. The van der Waals surface area contributed by atoms with Gasteiger partial charge in [-0.05, 0) is 74.5 Å². The minimum atomic E-state index is -1.14. The molecule has 38 heavy (non-hydrogen) atoms. The molecule has 5 aliphatic rings. The lowest BCUT2D eigenvalue weighted by Gasteiger charge is -2.49. The van der Waals surface area contributed by atoms with Gasteiger partial charge in [-0.2, -0.15) is 0 Å². The number of hydrogen-bond donors (Lipinski definition) is 3. The molecule has 0 bridgehead atoms. The Hall–Kier alpha value is -2.00. The van der Waals surface area contributed by atoms with E-state index in [9.17, 15) is 19.8 Å². The van der Waals surface area contributed by atoms with Crippen LogP contribution in [0.5, 0.6) is 0 Å². The van der Waals surface area contributed by atoms with Gasteiger partial charge in [-0.1, -0.05) is 37.8 Å². The van der Waals surface area contributed by atoms with Crippen molar-refractivity contribution < 1.29 is 19.8 Å². The molecule has 2 aliphatic heterocycles. The first-order chi connectivity index (χ1) is 18.3. The highest BCUT2D eigenvalue weighted by Crippen LogP contribution is 2.56.